The van der Waals surface area contributed by atoms with Crippen LogP contribution in [0.25, 0.3) is 0 Å². The average molecular weight is 323 g/mol. The lowest BCUT2D eigenvalue weighted by Crippen LogP contribution is -2.36. The van der Waals surface area contributed by atoms with Gasteiger partial charge in [-0.2, -0.15) is 0 Å². The van der Waals surface area contributed by atoms with Crippen molar-refractivity contribution in [2.45, 2.75) is 23.6 Å². The molecule has 21 heavy (non-hydrogen) atoms. The van der Waals surface area contributed by atoms with Crippen LogP contribution in [0.2, 0.25) is 0 Å². The molecule has 0 bridgehead atoms. The number of aryl methyl sites for hydroxylation is 1. The summed E-state index contributed by atoms with van der Waals surface area (Å²) in [5.41, 5.74) is 0. The summed E-state index contributed by atoms with van der Waals surface area (Å²) in [6.07, 6.45) is 2.54. The quantitative estimate of drug-likeness (QED) is 0.935. The molecule has 7 heteroatoms. The van der Waals surface area contributed by atoms with Crippen molar-refractivity contribution in [2.75, 3.05) is 18.0 Å². The maximum atomic E-state index is 12.3. The number of nitrogens with one attached hydrogen (secondary N) is 1. The van der Waals surface area contributed by atoms with Crippen molar-refractivity contribution in [1.29, 1.82) is 0 Å². The molecule has 1 unspecified atom stereocenters. The highest BCUT2D eigenvalue weighted by molar-refractivity contribution is 7.91. The van der Waals surface area contributed by atoms with E-state index in [1.165, 1.54) is 11.3 Å². The normalized spacial score (nSPS) is 19.1. The molecule has 1 atom stereocenters. The third kappa shape index (κ3) is 3.25. The Labute approximate surface area is 128 Å². The summed E-state index contributed by atoms with van der Waals surface area (Å²) >= 11 is 1.30. The van der Waals surface area contributed by atoms with E-state index in [0.717, 1.165) is 23.7 Å². The van der Waals surface area contributed by atoms with Gasteiger partial charge in [-0.25, -0.2) is 18.1 Å². The molecule has 1 aliphatic rings. The van der Waals surface area contributed by atoms with Crippen LogP contribution in [0.15, 0.2) is 40.7 Å². The van der Waals surface area contributed by atoms with Gasteiger partial charge in [0.15, 0.2) is 0 Å². The number of hydrogen-bond donors (Lipinski definition) is 1. The Hall–Kier alpha value is -1.44. The highest BCUT2D eigenvalue weighted by Gasteiger charge is 2.28. The first-order chi connectivity index (χ1) is 10.0. The first kappa shape index (κ1) is 14.5. The second-order valence-corrected chi connectivity index (χ2v) is 8.33. The molecule has 3 heterocycles. The van der Waals surface area contributed by atoms with Crippen molar-refractivity contribution in [1.82, 2.24) is 9.71 Å². The molecule has 0 radical (unpaired) electrons. The van der Waals surface area contributed by atoms with Crippen LogP contribution in [0.1, 0.15) is 11.3 Å². The number of pyridine rings is 1. The van der Waals surface area contributed by atoms with Gasteiger partial charge in [-0.1, -0.05) is 6.07 Å². The highest BCUT2D eigenvalue weighted by Crippen LogP contribution is 2.23. The monoisotopic (exact) mass is 323 g/mol. The van der Waals surface area contributed by atoms with Gasteiger partial charge in [0.05, 0.1) is 0 Å². The highest BCUT2D eigenvalue weighted by atomic mass is 32.2. The largest absolute Gasteiger partial charge is 0.355 e. The van der Waals surface area contributed by atoms with E-state index in [9.17, 15) is 8.42 Å². The maximum Gasteiger partial charge on any atom is 0.250 e. The summed E-state index contributed by atoms with van der Waals surface area (Å²) in [5.74, 6) is 0.895. The molecule has 1 fully saturated rings. The minimum Gasteiger partial charge on any atom is -0.355 e. The topological polar surface area (TPSA) is 62.3 Å². The van der Waals surface area contributed by atoms with Crippen LogP contribution in [0.5, 0.6) is 0 Å². The SMILES string of the molecule is Cc1ccc(S(=O)(=O)NC2CCN(c3ccccn3)C2)s1. The van der Waals surface area contributed by atoms with Crippen molar-refractivity contribution in [3.8, 4) is 0 Å². The van der Waals surface area contributed by atoms with Gasteiger partial charge in [0, 0.05) is 30.2 Å². The molecule has 5 nitrogen and oxygen atoms in total. The number of thiophene rings is 1. The number of rotatable bonds is 4. The zero-order valence-electron chi connectivity index (χ0n) is 11.7. The predicted octanol–water partition coefficient (Wildman–Crippen LogP) is 2.01. The summed E-state index contributed by atoms with van der Waals surface area (Å²) in [5, 5.41) is 0. The van der Waals surface area contributed by atoms with E-state index in [1.54, 1.807) is 12.3 Å². The minimum absolute atomic E-state index is 0.0700. The number of anilines is 1. The summed E-state index contributed by atoms with van der Waals surface area (Å²) in [6.45, 7) is 3.37. The van der Waals surface area contributed by atoms with Crippen LogP contribution < -0.4 is 9.62 Å². The molecule has 2 aromatic rings. The summed E-state index contributed by atoms with van der Waals surface area (Å²) in [4.78, 5) is 7.41. The minimum atomic E-state index is -3.41. The summed E-state index contributed by atoms with van der Waals surface area (Å²) in [6, 6.07) is 9.17. The average Bonchev–Trinajstić information content (AvgIpc) is 3.09. The Morgan fingerprint density at radius 2 is 2.19 bits per heavy atom. The standard InChI is InChI=1S/C14H17N3O2S2/c1-11-5-6-14(20-11)21(18,19)16-12-7-9-17(10-12)13-4-2-3-8-15-13/h2-6,8,12,16H,7,9-10H2,1H3. The predicted molar refractivity (Wildman–Crippen MR) is 84.2 cm³/mol. The first-order valence-electron chi connectivity index (χ1n) is 6.79. The fraction of sp³-hybridized carbons (Fsp3) is 0.357. The second-order valence-electron chi connectivity index (χ2n) is 5.11. The van der Waals surface area contributed by atoms with Gasteiger partial charge in [-0.15, -0.1) is 11.3 Å². The van der Waals surface area contributed by atoms with Crippen LogP contribution in [0.4, 0.5) is 5.82 Å². The molecule has 0 aliphatic carbocycles. The molecule has 1 aliphatic heterocycles. The Balaban J connectivity index is 1.67. The second kappa shape index (κ2) is 5.75. The van der Waals surface area contributed by atoms with Gasteiger partial charge < -0.3 is 4.90 Å². The van der Waals surface area contributed by atoms with Gasteiger partial charge >= 0.3 is 0 Å². The Bertz CT molecular complexity index is 713. The van der Waals surface area contributed by atoms with E-state index in [2.05, 4.69) is 14.6 Å². The molecule has 1 saturated heterocycles. The number of aromatic nitrogens is 1. The lowest BCUT2D eigenvalue weighted by atomic mass is 10.3. The van der Waals surface area contributed by atoms with Gasteiger partial charge in [0.2, 0.25) is 10.0 Å². The van der Waals surface area contributed by atoms with Crippen molar-refractivity contribution in [3.63, 3.8) is 0 Å². The summed E-state index contributed by atoms with van der Waals surface area (Å²) in [7, 11) is -3.41. The van der Waals surface area contributed by atoms with Gasteiger partial charge in [-0.05, 0) is 37.6 Å². The van der Waals surface area contributed by atoms with Crippen LogP contribution in [0, 0.1) is 6.92 Å². The molecule has 1 N–H and O–H groups in total. The fourth-order valence-corrected chi connectivity index (χ4v) is 5.00. The Kier molecular flexibility index (Phi) is 3.97. The van der Waals surface area contributed by atoms with E-state index >= 15 is 0 Å². The van der Waals surface area contributed by atoms with E-state index < -0.39 is 10.0 Å². The molecular weight excluding hydrogens is 306 g/mol. The molecule has 0 saturated carbocycles. The first-order valence-corrected chi connectivity index (χ1v) is 9.09. The van der Waals surface area contributed by atoms with Crippen molar-refractivity contribution in [2.24, 2.45) is 0 Å². The third-order valence-corrected chi connectivity index (χ3v) is 6.48. The van der Waals surface area contributed by atoms with E-state index in [1.807, 2.05) is 31.2 Å². The van der Waals surface area contributed by atoms with Crippen molar-refractivity contribution < 1.29 is 8.42 Å². The molecule has 0 aromatic carbocycles. The zero-order valence-corrected chi connectivity index (χ0v) is 13.3. The fourth-order valence-electron chi connectivity index (χ4n) is 2.44. The lowest BCUT2D eigenvalue weighted by Gasteiger charge is -2.17. The molecular formula is C14H17N3O2S2. The van der Waals surface area contributed by atoms with E-state index in [4.69, 9.17) is 0 Å². The van der Waals surface area contributed by atoms with E-state index in [-0.39, 0.29) is 6.04 Å². The molecule has 0 amide bonds. The van der Waals surface area contributed by atoms with Crippen molar-refractivity contribution >= 4 is 27.2 Å². The maximum absolute atomic E-state index is 12.3. The van der Waals surface area contributed by atoms with Gasteiger partial charge in [0.1, 0.15) is 10.0 Å². The smallest absolute Gasteiger partial charge is 0.250 e. The zero-order chi connectivity index (χ0) is 14.9. The Morgan fingerprint density at radius 3 is 2.86 bits per heavy atom. The molecule has 0 spiro atoms. The van der Waals surface area contributed by atoms with E-state index in [0.29, 0.717) is 10.8 Å². The van der Waals surface area contributed by atoms with Crippen molar-refractivity contribution in [3.05, 3.63) is 41.4 Å². The van der Waals surface area contributed by atoms with Crippen LogP contribution >= 0.6 is 11.3 Å². The van der Waals surface area contributed by atoms with Crippen LogP contribution in [-0.4, -0.2) is 32.5 Å². The molecule has 3 rings (SSSR count). The lowest BCUT2D eigenvalue weighted by molar-refractivity contribution is 0.563. The van der Waals surface area contributed by atoms with Crippen LogP contribution in [0.3, 0.4) is 0 Å². The van der Waals surface area contributed by atoms with Gasteiger partial charge in [0.25, 0.3) is 0 Å². The Morgan fingerprint density at radius 1 is 1.33 bits per heavy atom. The third-order valence-electron chi connectivity index (χ3n) is 3.46. The summed E-state index contributed by atoms with van der Waals surface area (Å²) < 4.78 is 27.8. The van der Waals surface area contributed by atoms with Crippen LogP contribution in [-0.2, 0) is 10.0 Å². The molecule has 112 valence electrons. The van der Waals surface area contributed by atoms with Gasteiger partial charge in [-0.3, -0.25) is 0 Å². The number of hydrogen-bond acceptors (Lipinski definition) is 5. The number of nitrogens with zero attached hydrogens (tertiary/aromatic N) is 2. The molecule has 2 aromatic heterocycles. The number of sulfonamides is 1.